The highest BCUT2D eigenvalue weighted by molar-refractivity contribution is 5.84. The molecule has 4 nitrogen and oxygen atoms in total. The van der Waals surface area contributed by atoms with Gasteiger partial charge in [-0.25, -0.2) is 0 Å². The fraction of sp³-hybridized carbons (Fsp3) is 0.909. The van der Waals surface area contributed by atoms with Gasteiger partial charge < -0.3 is 9.80 Å². The minimum absolute atomic E-state index is 0.0379. The van der Waals surface area contributed by atoms with E-state index in [-0.39, 0.29) is 6.04 Å². The summed E-state index contributed by atoms with van der Waals surface area (Å²) in [5.74, 6) is 0.687. The number of carbonyl (C=O) groups is 1. The van der Waals surface area contributed by atoms with E-state index in [1.807, 2.05) is 4.90 Å². The van der Waals surface area contributed by atoms with Gasteiger partial charge in [0.2, 0.25) is 5.91 Å². The molecule has 0 saturated carbocycles. The minimum atomic E-state index is 0.0379. The number of rotatable bonds is 2. The molecule has 2 aliphatic rings. The van der Waals surface area contributed by atoms with Gasteiger partial charge in [0, 0.05) is 12.6 Å². The fourth-order valence-electron chi connectivity index (χ4n) is 2.54. The van der Waals surface area contributed by atoms with Gasteiger partial charge in [-0.05, 0) is 25.9 Å². The zero-order valence-corrected chi connectivity index (χ0v) is 9.86. The maximum atomic E-state index is 12.1. The molecule has 86 valence electrons. The summed E-state index contributed by atoms with van der Waals surface area (Å²) < 4.78 is 0. The maximum Gasteiger partial charge on any atom is 0.241 e. The van der Waals surface area contributed by atoms with E-state index in [0.717, 1.165) is 26.2 Å². The Labute approximate surface area is 91.6 Å². The highest BCUT2D eigenvalue weighted by Gasteiger charge is 2.38. The maximum absolute atomic E-state index is 12.1. The molecule has 4 heteroatoms. The summed E-state index contributed by atoms with van der Waals surface area (Å²) in [6.07, 6.45) is 1.12. The summed E-state index contributed by atoms with van der Waals surface area (Å²) in [6.45, 7) is 7.07. The molecule has 2 saturated heterocycles. The van der Waals surface area contributed by atoms with Gasteiger partial charge in [-0.1, -0.05) is 13.8 Å². The van der Waals surface area contributed by atoms with Crippen LogP contribution >= 0.6 is 0 Å². The summed E-state index contributed by atoms with van der Waals surface area (Å²) in [5, 5.41) is 3.31. The van der Waals surface area contributed by atoms with Crippen molar-refractivity contribution in [1.82, 2.24) is 15.1 Å². The zero-order valence-electron chi connectivity index (χ0n) is 9.86. The lowest BCUT2D eigenvalue weighted by molar-refractivity contribution is -0.131. The van der Waals surface area contributed by atoms with Gasteiger partial charge in [-0.15, -0.1) is 0 Å². The van der Waals surface area contributed by atoms with Crippen molar-refractivity contribution in [3.8, 4) is 0 Å². The van der Waals surface area contributed by atoms with Crippen molar-refractivity contribution in [3.63, 3.8) is 0 Å². The zero-order chi connectivity index (χ0) is 11.0. The van der Waals surface area contributed by atoms with Crippen LogP contribution in [0.2, 0.25) is 0 Å². The normalized spacial score (nSPS) is 33.3. The van der Waals surface area contributed by atoms with Crippen molar-refractivity contribution < 1.29 is 4.79 Å². The minimum Gasteiger partial charge on any atom is -0.324 e. The van der Waals surface area contributed by atoms with Crippen LogP contribution in [0.3, 0.4) is 0 Å². The molecule has 2 fully saturated rings. The third-order valence-corrected chi connectivity index (χ3v) is 3.50. The Morgan fingerprint density at radius 1 is 1.47 bits per heavy atom. The number of nitrogens with one attached hydrogen (secondary N) is 1. The first-order chi connectivity index (χ1) is 7.09. The van der Waals surface area contributed by atoms with Crippen LogP contribution in [-0.4, -0.2) is 54.6 Å². The first-order valence-corrected chi connectivity index (χ1v) is 5.82. The molecule has 15 heavy (non-hydrogen) atoms. The van der Waals surface area contributed by atoms with E-state index in [1.165, 1.54) is 0 Å². The SMILES string of the molecule is CC(C)C1NCN(C2CCN(C)C2)C1=O. The van der Waals surface area contributed by atoms with E-state index < -0.39 is 0 Å². The standard InChI is InChI=1S/C11H21N3O/c1-8(2)10-11(15)14(7-12-10)9-4-5-13(3)6-9/h8-10,12H,4-7H2,1-3H3. The fourth-order valence-corrected chi connectivity index (χ4v) is 2.54. The smallest absolute Gasteiger partial charge is 0.241 e. The lowest BCUT2D eigenvalue weighted by Crippen LogP contribution is -2.41. The van der Waals surface area contributed by atoms with Crippen LogP contribution in [0.4, 0.5) is 0 Å². The molecule has 2 rings (SSSR count). The van der Waals surface area contributed by atoms with Crippen LogP contribution in [0.5, 0.6) is 0 Å². The van der Waals surface area contributed by atoms with Gasteiger partial charge in [0.15, 0.2) is 0 Å². The molecule has 0 aromatic carbocycles. The number of nitrogens with zero attached hydrogens (tertiary/aromatic N) is 2. The van der Waals surface area contributed by atoms with Gasteiger partial charge in [-0.2, -0.15) is 0 Å². The number of carbonyl (C=O) groups excluding carboxylic acids is 1. The topological polar surface area (TPSA) is 35.6 Å². The van der Waals surface area contributed by atoms with Crippen molar-refractivity contribution in [2.45, 2.75) is 32.4 Å². The second-order valence-electron chi connectivity index (χ2n) is 5.10. The highest BCUT2D eigenvalue weighted by Crippen LogP contribution is 2.20. The summed E-state index contributed by atoms with van der Waals surface area (Å²) in [6, 6.07) is 0.467. The average molecular weight is 211 g/mol. The molecule has 2 aliphatic heterocycles. The Bertz CT molecular complexity index is 254. The van der Waals surface area contributed by atoms with Crippen molar-refractivity contribution >= 4 is 5.91 Å². The van der Waals surface area contributed by atoms with Crippen LogP contribution in [-0.2, 0) is 4.79 Å². The molecule has 0 radical (unpaired) electrons. The highest BCUT2D eigenvalue weighted by atomic mass is 16.2. The molecular weight excluding hydrogens is 190 g/mol. The summed E-state index contributed by atoms with van der Waals surface area (Å²) in [5.41, 5.74) is 0. The third kappa shape index (κ3) is 2.01. The van der Waals surface area contributed by atoms with Crippen LogP contribution < -0.4 is 5.32 Å². The van der Waals surface area contributed by atoms with Gasteiger partial charge in [0.1, 0.15) is 0 Å². The Morgan fingerprint density at radius 3 is 2.67 bits per heavy atom. The molecule has 0 spiro atoms. The number of amides is 1. The second-order valence-corrected chi connectivity index (χ2v) is 5.10. The predicted molar refractivity (Wildman–Crippen MR) is 59.4 cm³/mol. The van der Waals surface area contributed by atoms with Crippen LogP contribution in [0.1, 0.15) is 20.3 Å². The van der Waals surface area contributed by atoms with Crippen molar-refractivity contribution in [1.29, 1.82) is 0 Å². The Kier molecular flexibility index (Phi) is 2.98. The van der Waals surface area contributed by atoms with E-state index in [2.05, 4.69) is 31.1 Å². The van der Waals surface area contributed by atoms with E-state index in [1.54, 1.807) is 0 Å². The summed E-state index contributed by atoms with van der Waals surface area (Å²) in [7, 11) is 2.12. The van der Waals surface area contributed by atoms with E-state index in [0.29, 0.717) is 17.9 Å². The number of hydrogen-bond donors (Lipinski definition) is 1. The molecular formula is C11H21N3O. The number of hydrogen-bond acceptors (Lipinski definition) is 3. The van der Waals surface area contributed by atoms with Gasteiger partial charge in [-0.3, -0.25) is 10.1 Å². The van der Waals surface area contributed by atoms with Crippen molar-refractivity contribution in [2.24, 2.45) is 5.92 Å². The van der Waals surface area contributed by atoms with Gasteiger partial charge in [0.05, 0.1) is 12.7 Å². The Morgan fingerprint density at radius 2 is 2.20 bits per heavy atom. The molecule has 1 N–H and O–H groups in total. The lowest BCUT2D eigenvalue weighted by Gasteiger charge is -2.23. The quantitative estimate of drug-likeness (QED) is 0.704. The average Bonchev–Trinajstić information content (AvgIpc) is 2.71. The first kappa shape index (κ1) is 10.9. The number of likely N-dealkylation sites (N-methyl/N-ethyl adjacent to an activating group) is 1. The first-order valence-electron chi connectivity index (χ1n) is 5.82. The van der Waals surface area contributed by atoms with Gasteiger partial charge in [0.25, 0.3) is 0 Å². The van der Waals surface area contributed by atoms with Gasteiger partial charge >= 0.3 is 0 Å². The molecule has 1 amide bonds. The molecule has 0 bridgehead atoms. The van der Waals surface area contributed by atoms with Crippen LogP contribution in [0, 0.1) is 5.92 Å². The van der Waals surface area contributed by atoms with E-state index in [9.17, 15) is 4.79 Å². The molecule has 2 unspecified atom stereocenters. The van der Waals surface area contributed by atoms with Crippen molar-refractivity contribution in [2.75, 3.05) is 26.8 Å². The third-order valence-electron chi connectivity index (χ3n) is 3.50. The molecule has 0 aliphatic carbocycles. The number of likely N-dealkylation sites (tertiary alicyclic amines) is 1. The van der Waals surface area contributed by atoms with Crippen molar-refractivity contribution in [3.05, 3.63) is 0 Å². The lowest BCUT2D eigenvalue weighted by atomic mass is 10.0. The summed E-state index contributed by atoms with van der Waals surface area (Å²) >= 11 is 0. The molecule has 0 aromatic rings. The monoisotopic (exact) mass is 211 g/mol. The largest absolute Gasteiger partial charge is 0.324 e. The molecule has 0 aromatic heterocycles. The van der Waals surface area contributed by atoms with Crippen LogP contribution in [0.15, 0.2) is 0 Å². The Balaban J connectivity index is 1.98. The Hall–Kier alpha value is -0.610. The molecule has 2 atom stereocenters. The second kappa shape index (κ2) is 4.10. The van der Waals surface area contributed by atoms with E-state index >= 15 is 0 Å². The van der Waals surface area contributed by atoms with Crippen LogP contribution in [0.25, 0.3) is 0 Å². The van der Waals surface area contributed by atoms with E-state index in [4.69, 9.17) is 0 Å². The predicted octanol–water partition coefficient (Wildman–Crippen LogP) is 0.104. The summed E-state index contributed by atoms with van der Waals surface area (Å²) in [4.78, 5) is 16.4. The molecule has 2 heterocycles.